The van der Waals surface area contributed by atoms with Crippen LogP contribution in [0.3, 0.4) is 0 Å². The van der Waals surface area contributed by atoms with Gasteiger partial charge in [-0.2, -0.15) is 0 Å². The molecule has 3 aromatic rings. The molecule has 0 fully saturated rings. The zero-order valence-corrected chi connectivity index (χ0v) is 13.5. The Labute approximate surface area is 139 Å². The molecule has 23 heavy (non-hydrogen) atoms. The van der Waals surface area contributed by atoms with E-state index in [1.165, 1.54) is 0 Å². The second-order valence-electron chi connectivity index (χ2n) is 5.25. The maximum atomic E-state index is 12.2. The van der Waals surface area contributed by atoms with Crippen LogP contribution in [0.15, 0.2) is 52.9 Å². The highest BCUT2D eigenvalue weighted by Crippen LogP contribution is 2.27. The smallest absolute Gasteiger partial charge is 0.292 e. The lowest BCUT2D eigenvalue weighted by atomic mass is 10.1. The number of carbonyl (C=O) groups excluding carboxylic acids is 1. The molecule has 5 heteroatoms. The Balaban J connectivity index is 1.81. The van der Waals surface area contributed by atoms with E-state index >= 15 is 0 Å². The summed E-state index contributed by atoms with van der Waals surface area (Å²) in [6, 6.07) is 14.4. The van der Waals surface area contributed by atoms with Gasteiger partial charge in [0.15, 0.2) is 5.76 Å². The van der Waals surface area contributed by atoms with E-state index in [4.69, 9.17) is 16.0 Å². The number of furan rings is 1. The molecule has 1 aromatic carbocycles. The topological polar surface area (TPSA) is 55.1 Å². The van der Waals surface area contributed by atoms with Crippen LogP contribution >= 0.6 is 11.6 Å². The van der Waals surface area contributed by atoms with Gasteiger partial charge in [0.25, 0.3) is 5.91 Å². The van der Waals surface area contributed by atoms with Crippen LogP contribution in [0.2, 0.25) is 5.02 Å². The van der Waals surface area contributed by atoms with Gasteiger partial charge in [-0.15, -0.1) is 0 Å². The summed E-state index contributed by atoms with van der Waals surface area (Å²) >= 11 is 6.13. The molecule has 0 saturated heterocycles. The molecule has 0 atom stereocenters. The second kappa shape index (κ2) is 6.26. The Hall–Kier alpha value is -2.59. The number of pyridine rings is 1. The van der Waals surface area contributed by atoms with Crippen LogP contribution in [-0.4, -0.2) is 10.9 Å². The predicted octanol–water partition coefficient (Wildman–Crippen LogP) is 4.86. The number of aromatic nitrogens is 1. The molecule has 0 aliphatic heterocycles. The fourth-order valence-corrected chi connectivity index (χ4v) is 2.33. The van der Waals surface area contributed by atoms with E-state index in [9.17, 15) is 4.79 Å². The molecule has 0 aliphatic carbocycles. The van der Waals surface area contributed by atoms with Crippen LogP contribution in [0.5, 0.6) is 0 Å². The SMILES string of the molecule is Cc1cccc(NC(=O)c2ccc(-c3ccc(C)c(Cl)c3)o2)n1. The van der Waals surface area contributed by atoms with Gasteiger partial charge in [0.2, 0.25) is 0 Å². The number of anilines is 1. The number of halogens is 1. The van der Waals surface area contributed by atoms with Crippen LogP contribution in [0.25, 0.3) is 11.3 Å². The number of benzene rings is 1. The minimum absolute atomic E-state index is 0.222. The highest BCUT2D eigenvalue weighted by Gasteiger charge is 2.13. The van der Waals surface area contributed by atoms with Gasteiger partial charge >= 0.3 is 0 Å². The molecule has 1 amide bonds. The Morgan fingerprint density at radius 3 is 2.70 bits per heavy atom. The molecule has 116 valence electrons. The number of hydrogen-bond donors (Lipinski definition) is 1. The number of hydrogen-bond acceptors (Lipinski definition) is 3. The maximum Gasteiger partial charge on any atom is 0.292 e. The van der Waals surface area contributed by atoms with Crippen molar-refractivity contribution in [2.75, 3.05) is 5.32 Å². The number of amides is 1. The van der Waals surface area contributed by atoms with Gasteiger partial charge in [0.1, 0.15) is 11.6 Å². The van der Waals surface area contributed by atoms with E-state index in [2.05, 4.69) is 10.3 Å². The van der Waals surface area contributed by atoms with E-state index in [1.807, 2.05) is 44.2 Å². The molecule has 2 aromatic heterocycles. The molecule has 0 bridgehead atoms. The van der Waals surface area contributed by atoms with Crippen molar-refractivity contribution >= 4 is 23.3 Å². The van der Waals surface area contributed by atoms with Crippen molar-refractivity contribution in [1.82, 2.24) is 4.98 Å². The molecule has 0 unspecified atom stereocenters. The average molecular weight is 327 g/mol. The maximum absolute atomic E-state index is 12.2. The lowest BCUT2D eigenvalue weighted by molar-refractivity contribution is 0.0997. The van der Waals surface area contributed by atoms with E-state index in [1.54, 1.807) is 18.2 Å². The fourth-order valence-electron chi connectivity index (χ4n) is 2.15. The van der Waals surface area contributed by atoms with Crippen LogP contribution in [-0.2, 0) is 0 Å². The van der Waals surface area contributed by atoms with Crippen molar-refractivity contribution in [2.24, 2.45) is 0 Å². The van der Waals surface area contributed by atoms with Crippen LogP contribution in [0.1, 0.15) is 21.8 Å². The van der Waals surface area contributed by atoms with E-state index in [0.29, 0.717) is 16.6 Å². The number of nitrogens with one attached hydrogen (secondary N) is 1. The minimum Gasteiger partial charge on any atom is -0.451 e. The fraction of sp³-hybridized carbons (Fsp3) is 0.111. The first-order chi connectivity index (χ1) is 11.0. The monoisotopic (exact) mass is 326 g/mol. The van der Waals surface area contributed by atoms with Gasteiger partial charge < -0.3 is 9.73 Å². The summed E-state index contributed by atoms with van der Waals surface area (Å²) in [7, 11) is 0. The summed E-state index contributed by atoms with van der Waals surface area (Å²) in [6.45, 7) is 3.80. The zero-order chi connectivity index (χ0) is 16.4. The van der Waals surface area contributed by atoms with Crippen LogP contribution in [0, 0.1) is 13.8 Å². The summed E-state index contributed by atoms with van der Waals surface area (Å²) in [5, 5.41) is 3.38. The van der Waals surface area contributed by atoms with Gasteiger partial charge in [-0.1, -0.05) is 29.8 Å². The highest BCUT2D eigenvalue weighted by molar-refractivity contribution is 6.31. The summed E-state index contributed by atoms with van der Waals surface area (Å²) in [5.41, 5.74) is 2.65. The normalized spacial score (nSPS) is 10.6. The molecule has 0 radical (unpaired) electrons. The summed E-state index contributed by atoms with van der Waals surface area (Å²) in [4.78, 5) is 16.5. The molecule has 4 nitrogen and oxygen atoms in total. The first kappa shape index (κ1) is 15.3. The van der Waals surface area contributed by atoms with Crippen molar-refractivity contribution in [2.45, 2.75) is 13.8 Å². The molecule has 0 spiro atoms. The molecular formula is C18H15ClN2O2. The Morgan fingerprint density at radius 1 is 1.13 bits per heavy atom. The molecule has 3 rings (SSSR count). The molecule has 1 N–H and O–H groups in total. The summed E-state index contributed by atoms with van der Waals surface area (Å²) in [6.07, 6.45) is 0. The first-order valence-corrected chi connectivity index (χ1v) is 7.52. The van der Waals surface area contributed by atoms with Crippen LogP contribution < -0.4 is 5.32 Å². The second-order valence-corrected chi connectivity index (χ2v) is 5.65. The van der Waals surface area contributed by atoms with Gasteiger partial charge in [-0.05, 0) is 49.7 Å². The van der Waals surface area contributed by atoms with Crippen molar-refractivity contribution in [1.29, 1.82) is 0 Å². The summed E-state index contributed by atoms with van der Waals surface area (Å²) in [5.74, 6) is 0.966. The third kappa shape index (κ3) is 3.43. The van der Waals surface area contributed by atoms with Crippen molar-refractivity contribution in [3.8, 4) is 11.3 Å². The van der Waals surface area contributed by atoms with Crippen molar-refractivity contribution < 1.29 is 9.21 Å². The number of nitrogens with zero attached hydrogens (tertiary/aromatic N) is 1. The third-order valence-electron chi connectivity index (χ3n) is 3.42. The lowest BCUT2D eigenvalue weighted by Gasteiger charge is -2.03. The Morgan fingerprint density at radius 2 is 1.96 bits per heavy atom. The van der Waals surface area contributed by atoms with Gasteiger partial charge in [-0.25, -0.2) is 4.98 Å². The van der Waals surface area contributed by atoms with Gasteiger partial charge in [-0.3, -0.25) is 4.79 Å². The molecule has 2 heterocycles. The van der Waals surface area contributed by atoms with Gasteiger partial charge in [0.05, 0.1) is 0 Å². The van der Waals surface area contributed by atoms with E-state index in [0.717, 1.165) is 16.8 Å². The molecule has 0 aliphatic rings. The zero-order valence-electron chi connectivity index (χ0n) is 12.8. The lowest BCUT2D eigenvalue weighted by Crippen LogP contribution is -2.12. The predicted molar refractivity (Wildman–Crippen MR) is 90.8 cm³/mol. The van der Waals surface area contributed by atoms with E-state index < -0.39 is 0 Å². The largest absolute Gasteiger partial charge is 0.451 e. The summed E-state index contributed by atoms with van der Waals surface area (Å²) < 4.78 is 5.63. The van der Waals surface area contributed by atoms with Crippen LogP contribution in [0.4, 0.5) is 5.82 Å². The average Bonchev–Trinajstić information content (AvgIpc) is 3.00. The molecular weight excluding hydrogens is 312 g/mol. The first-order valence-electron chi connectivity index (χ1n) is 7.14. The number of aryl methyl sites for hydroxylation is 2. The Kier molecular flexibility index (Phi) is 4.17. The minimum atomic E-state index is -0.340. The van der Waals surface area contributed by atoms with Crippen molar-refractivity contribution in [3.63, 3.8) is 0 Å². The van der Waals surface area contributed by atoms with Gasteiger partial charge in [0, 0.05) is 16.3 Å². The standard InChI is InChI=1S/C18H15ClN2O2/c1-11-6-7-13(10-14(11)19)15-8-9-16(23-15)18(22)21-17-5-3-4-12(2)20-17/h3-10H,1-2H3,(H,20,21,22). The molecule has 0 saturated carbocycles. The highest BCUT2D eigenvalue weighted by atomic mass is 35.5. The van der Waals surface area contributed by atoms with E-state index in [-0.39, 0.29) is 11.7 Å². The Bertz CT molecular complexity index is 871. The quantitative estimate of drug-likeness (QED) is 0.747. The third-order valence-corrected chi connectivity index (χ3v) is 3.82. The number of carbonyl (C=O) groups is 1. The van der Waals surface area contributed by atoms with Crippen molar-refractivity contribution in [3.05, 3.63) is 70.6 Å². The number of rotatable bonds is 3.